The van der Waals surface area contributed by atoms with Crippen LogP contribution in [-0.2, 0) is 15.1 Å². The number of thiazole rings is 1. The maximum atomic E-state index is 15.4. The number of halogens is 3. The van der Waals surface area contributed by atoms with E-state index in [1.165, 1.54) is 37.3 Å². The number of rotatable bonds is 1. The average molecular weight is 408 g/mol. The Hall–Kier alpha value is -2.37. The molecule has 28 heavy (non-hydrogen) atoms. The molecule has 1 aromatic carbocycles. The van der Waals surface area contributed by atoms with E-state index in [-0.39, 0.29) is 5.56 Å². The number of aromatic nitrogens is 1. The molecule has 0 saturated carbocycles. The molecule has 1 N–H and O–H groups in total. The van der Waals surface area contributed by atoms with Crippen molar-refractivity contribution in [1.29, 1.82) is 0 Å². The van der Waals surface area contributed by atoms with Gasteiger partial charge in [0.1, 0.15) is 29.3 Å². The maximum absolute atomic E-state index is 15.4. The highest BCUT2D eigenvalue weighted by Gasteiger charge is 2.64. The summed E-state index contributed by atoms with van der Waals surface area (Å²) in [5.41, 5.74) is -3.79. The lowest BCUT2D eigenvalue weighted by Gasteiger charge is -2.43. The summed E-state index contributed by atoms with van der Waals surface area (Å²) in [5, 5.41) is 4.87. The van der Waals surface area contributed by atoms with E-state index in [1.807, 2.05) is 6.92 Å². The summed E-state index contributed by atoms with van der Waals surface area (Å²) in [5.74, 6) is 0.421. The lowest BCUT2D eigenvalue weighted by atomic mass is 9.77. The van der Waals surface area contributed by atoms with E-state index in [9.17, 15) is 9.18 Å². The summed E-state index contributed by atoms with van der Waals surface area (Å²) in [6.07, 6.45) is 0. The summed E-state index contributed by atoms with van der Waals surface area (Å²) < 4.78 is 50.5. The van der Waals surface area contributed by atoms with Crippen molar-refractivity contribution in [3.05, 3.63) is 51.2 Å². The summed E-state index contributed by atoms with van der Waals surface area (Å²) >= 11 is 1.44. The molecule has 1 aliphatic rings. The standard InChI is InChI=1S/C20H19F3N2O2S/c1-12-24-14(11-28-12)7-5-13-6-8-16(21)15(9-13)19(4)20(22,23)18(2,3)27-10-17(26)25-19/h6,8-9,11H,10H2,1-4H3,(H,25,26)/t19-/m1/s1. The zero-order valence-electron chi connectivity index (χ0n) is 15.8. The topological polar surface area (TPSA) is 51.2 Å². The zero-order chi connectivity index (χ0) is 20.7. The molecule has 1 fully saturated rings. The Morgan fingerprint density at radius 1 is 1.25 bits per heavy atom. The zero-order valence-corrected chi connectivity index (χ0v) is 16.6. The van der Waals surface area contributed by atoms with E-state index in [4.69, 9.17) is 4.74 Å². The molecular formula is C20H19F3N2O2S. The van der Waals surface area contributed by atoms with Crippen molar-refractivity contribution in [2.24, 2.45) is 0 Å². The molecule has 1 saturated heterocycles. The Balaban J connectivity index is 2.10. The van der Waals surface area contributed by atoms with Gasteiger partial charge in [0, 0.05) is 16.5 Å². The molecule has 2 aromatic rings. The minimum atomic E-state index is -3.61. The number of hydrogen-bond acceptors (Lipinski definition) is 4. The predicted octanol–water partition coefficient (Wildman–Crippen LogP) is 3.77. The van der Waals surface area contributed by atoms with E-state index in [2.05, 4.69) is 22.1 Å². The van der Waals surface area contributed by atoms with Gasteiger partial charge in [0.15, 0.2) is 0 Å². The average Bonchev–Trinajstić information content (AvgIpc) is 3.01. The summed E-state index contributed by atoms with van der Waals surface area (Å²) in [6, 6.07) is 3.70. The molecule has 2 heterocycles. The second-order valence-electron chi connectivity index (χ2n) is 7.24. The fourth-order valence-electron chi connectivity index (χ4n) is 3.11. The third kappa shape index (κ3) is 3.40. The molecule has 4 nitrogen and oxygen atoms in total. The molecule has 0 aliphatic carbocycles. The van der Waals surface area contributed by atoms with Crippen LogP contribution in [0.5, 0.6) is 0 Å². The lowest BCUT2D eigenvalue weighted by molar-refractivity contribution is -0.216. The van der Waals surface area contributed by atoms with Gasteiger partial charge < -0.3 is 10.1 Å². The van der Waals surface area contributed by atoms with Crippen molar-refractivity contribution in [3.63, 3.8) is 0 Å². The van der Waals surface area contributed by atoms with Gasteiger partial charge in [-0.25, -0.2) is 18.2 Å². The Morgan fingerprint density at radius 2 is 1.96 bits per heavy atom. The number of amides is 1. The molecule has 0 unspecified atom stereocenters. The van der Waals surface area contributed by atoms with E-state index in [0.717, 1.165) is 18.0 Å². The van der Waals surface area contributed by atoms with Crippen LogP contribution >= 0.6 is 11.3 Å². The van der Waals surface area contributed by atoms with Crippen molar-refractivity contribution in [1.82, 2.24) is 10.3 Å². The van der Waals surface area contributed by atoms with Gasteiger partial charge in [-0.05, 0) is 51.8 Å². The first-order chi connectivity index (χ1) is 13.0. The monoisotopic (exact) mass is 408 g/mol. The van der Waals surface area contributed by atoms with E-state index < -0.39 is 35.4 Å². The van der Waals surface area contributed by atoms with Crippen LogP contribution in [-0.4, -0.2) is 29.0 Å². The number of nitrogens with one attached hydrogen (secondary N) is 1. The second kappa shape index (κ2) is 6.90. The first-order valence-corrected chi connectivity index (χ1v) is 9.41. The largest absolute Gasteiger partial charge is 0.359 e. The Morgan fingerprint density at radius 3 is 2.61 bits per heavy atom. The van der Waals surface area contributed by atoms with Crippen LogP contribution in [0.15, 0.2) is 23.6 Å². The van der Waals surface area contributed by atoms with E-state index in [1.54, 1.807) is 5.38 Å². The van der Waals surface area contributed by atoms with Gasteiger partial charge in [0.25, 0.3) is 0 Å². The van der Waals surface area contributed by atoms with Crippen LogP contribution in [0.4, 0.5) is 13.2 Å². The Labute approximate surface area is 165 Å². The summed E-state index contributed by atoms with van der Waals surface area (Å²) in [4.78, 5) is 16.2. The third-order valence-electron chi connectivity index (χ3n) is 4.80. The molecule has 1 amide bonds. The third-order valence-corrected chi connectivity index (χ3v) is 5.57. The summed E-state index contributed by atoms with van der Waals surface area (Å²) in [7, 11) is 0. The number of hydrogen-bond donors (Lipinski definition) is 1. The highest BCUT2D eigenvalue weighted by Crippen LogP contribution is 2.48. The van der Waals surface area contributed by atoms with Gasteiger partial charge >= 0.3 is 5.92 Å². The van der Waals surface area contributed by atoms with Crippen LogP contribution in [0.2, 0.25) is 0 Å². The molecule has 148 valence electrons. The minimum absolute atomic E-state index is 0.330. The van der Waals surface area contributed by atoms with E-state index in [0.29, 0.717) is 11.3 Å². The van der Waals surface area contributed by atoms with Crippen molar-refractivity contribution in [2.45, 2.75) is 44.8 Å². The normalized spacial score (nSPS) is 23.3. The molecule has 0 bridgehead atoms. The Kier molecular flexibility index (Phi) is 5.02. The number of carbonyl (C=O) groups is 1. The highest BCUT2D eigenvalue weighted by molar-refractivity contribution is 7.09. The second-order valence-corrected chi connectivity index (χ2v) is 8.31. The van der Waals surface area contributed by atoms with Crippen LogP contribution in [0.3, 0.4) is 0 Å². The van der Waals surface area contributed by atoms with Crippen LogP contribution in [0, 0.1) is 24.6 Å². The predicted molar refractivity (Wildman–Crippen MR) is 99.7 cm³/mol. The van der Waals surface area contributed by atoms with Gasteiger partial charge in [-0.15, -0.1) is 11.3 Å². The number of alkyl halides is 2. The van der Waals surface area contributed by atoms with Crippen LogP contribution < -0.4 is 5.32 Å². The van der Waals surface area contributed by atoms with Crippen molar-refractivity contribution >= 4 is 17.2 Å². The number of ether oxygens (including phenoxy) is 1. The first kappa shape index (κ1) is 20.4. The maximum Gasteiger partial charge on any atom is 0.302 e. The van der Waals surface area contributed by atoms with E-state index >= 15 is 8.78 Å². The van der Waals surface area contributed by atoms with Gasteiger partial charge in [-0.3, -0.25) is 4.79 Å². The molecule has 1 aliphatic heterocycles. The molecule has 1 atom stereocenters. The van der Waals surface area contributed by atoms with Crippen LogP contribution in [0.25, 0.3) is 0 Å². The smallest absolute Gasteiger partial charge is 0.302 e. The fourth-order valence-corrected chi connectivity index (χ4v) is 3.66. The van der Waals surface area contributed by atoms with Crippen molar-refractivity contribution in [3.8, 4) is 11.8 Å². The molecule has 3 rings (SSSR count). The summed E-state index contributed by atoms with van der Waals surface area (Å²) in [6.45, 7) is 4.76. The minimum Gasteiger partial charge on any atom is -0.359 e. The highest BCUT2D eigenvalue weighted by atomic mass is 32.1. The van der Waals surface area contributed by atoms with Gasteiger partial charge in [-0.1, -0.05) is 5.92 Å². The van der Waals surface area contributed by atoms with Crippen molar-refractivity contribution in [2.75, 3.05) is 6.61 Å². The Bertz CT molecular complexity index is 991. The number of aryl methyl sites for hydroxylation is 1. The van der Waals surface area contributed by atoms with Crippen LogP contribution in [0.1, 0.15) is 42.6 Å². The number of nitrogens with zero attached hydrogens (tertiary/aromatic N) is 1. The fraction of sp³-hybridized carbons (Fsp3) is 0.400. The molecule has 0 radical (unpaired) electrons. The van der Waals surface area contributed by atoms with Gasteiger partial charge in [0.2, 0.25) is 5.91 Å². The molecule has 8 heteroatoms. The van der Waals surface area contributed by atoms with Gasteiger partial charge in [-0.2, -0.15) is 0 Å². The molecule has 0 spiro atoms. The first-order valence-electron chi connectivity index (χ1n) is 8.53. The molecular weight excluding hydrogens is 389 g/mol. The lowest BCUT2D eigenvalue weighted by Crippen LogP contribution is -2.62. The van der Waals surface area contributed by atoms with Crippen molar-refractivity contribution < 1.29 is 22.7 Å². The number of carbonyl (C=O) groups excluding carboxylic acids is 1. The SMILES string of the molecule is Cc1nc(C#Cc2ccc(F)c([C@@]3(C)NC(=O)COC(C)(C)C3(F)F)c2)cs1. The number of benzene rings is 1. The quantitative estimate of drug-likeness (QED) is 0.731. The molecule has 1 aromatic heterocycles. The van der Waals surface area contributed by atoms with Gasteiger partial charge in [0.05, 0.1) is 5.01 Å².